The van der Waals surface area contributed by atoms with Gasteiger partial charge in [0, 0.05) is 28.0 Å². The average Bonchev–Trinajstić information content (AvgIpc) is 3.85. The third kappa shape index (κ3) is 6.17. The number of aromatic nitrogens is 1. The van der Waals surface area contributed by atoms with Crippen molar-refractivity contribution in [1.29, 1.82) is 0 Å². The first-order chi connectivity index (χ1) is 29.3. The Labute approximate surface area is 343 Å². The molecule has 2 aromatic heterocycles. The van der Waals surface area contributed by atoms with Crippen LogP contribution in [-0.4, -0.2) is 4.40 Å². The van der Waals surface area contributed by atoms with E-state index in [2.05, 4.69) is 240 Å². The molecule has 0 amide bonds. The molecule has 0 spiro atoms. The fraction of sp³-hybridized carbons (Fsp3) is 0. The molecule has 0 atom stereocenters. The molecule has 0 fully saturated rings. The van der Waals surface area contributed by atoms with E-state index in [1.54, 1.807) is 0 Å². The molecule has 0 saturated heterocycles. The van der Waals surface area contributed by atoms with E-state index in [4.69, 9.17) is 4.42 Å². The average molecular weight is 755 g/mol. The van der Waals surface area contributed by atoms with Gasteiger partial charge in [0.05, 0.1) is 16.6 Å². The predicted molar refractivity (Wildman–Crippen MR) is 247 cm³/mol. The molecule has 0 radical (unpaired) electrons. The van der Waals surface area contributed by atoms with Gasteiger partial charge in [-0.25, -0.2) is 0 Å². The first kappa shape index (κ1) is 34.4. The van der Waals surface area contributed by atoms with Crippen LogP contribution >= 0.6 is 0 Å². The van der Waals surface area contributed by atoms with Gasteiger partial charge in [-0.2, -0.15) is 0 Å². The molecule has 59 heavy (non-hydrogen) atoms. The van der Waals surface area contributed by atoms with Crippen LogP contribution in [0.5, 0.6) is 0 Å². The second-order valence-corrected chi connectivity index (χ2v) is 14.9. The number of nitrogens with zero attached hydrogens (tertiary/aromatic N) is 2. The summed E-state index contributed by atoms with van der Waals surface area (Å²) in [7, 11) is 0. The smallest absolute Gasteiger partial charge is 0.213 e. The lowest BCUT2D eigenvalue weighted by Gasteiger charge is -2.26. The zero-order valence-corrected chi connectivity index (χ0v) is 32.2. The zero-order valence-electron chi connectivity index (χ0n) is 32.2. The van der Waals surface area contributed by atoms with Crippen molar-refractivity contribution in [3.8, 4) is 55.6 Å². The summed E-state index contributed by atoms with van der Waals surface area (Å²) in [4.78, 5) is 2.34. The highest BCUT2D eigenvalue weighted by atomic mass is 16.3. The fourth-order valence-electron chi connectivity index (χ4n) is 8.57. The van der Waals surface area contributed by atoms with E-state index in [0.717, 1.165) is 72.8 Å². The van der Waals surface area contributed by atoms with Crippen molar-refractivity contribution in [2.45, 2.75) is 0 Å². The largest absolute Gasteiger partial charge is 0.438 e. The van der Waals surface area contributed by atoms with Gasteiger partial charge >= 0.3 is 0 Å². The summed E-state index contributed by atoms with van der Waals surface area (Å²) in [5.41, 5.74) is 18.8. The highest BCUT2D eigenvalue weighted by molar-refractivity contribution is 6.09. The van der Waals surface area contributed by atoms with Crippen molar-refractivity contribution in [3.05, 3.63) is 231 Å². The molecule has 0 N–H and O–H groups in total. The van der Waals surface area contributed by atoms with Crippen LogP contribution in [0.4, 0.5) is 17.1 Å². The molecule has 2 heterocycles. The van der Waals surface area contributed by atoms with Crippen molar-refractivity contribution < 1.29 is 4.42 Å². The van der Waals surface area contributed by atoms with Crippen LogP contribution < -0.4 is 4.90 Å². The van der Waals surface area contributed by atoms with Gasteiger partial charge in [-0.05, 0) is 93.0 Å². The Morgan fingerprint density at radius 3 is 1.44 bits per heavy atom. The maximum atomic E-state index is 6.70. The first-order valence-corrected chi connectivity index (χ1v) is 20.1. The van der Waals surface area contributed by atoms with Gasteiger partial charge in [0.15, 0.2) is 5.58 Å². The van der Waals surface area contributed by atoms with E-state index in [1.165, 1.54) is 27.6 Å². The summed E-state index contributed by atoms with van der Waals surface area (Å²) in [6, 6.07) is 82.1. The van der Waals surface area contributed by atoms with E-state index >= 15 is 0 Å². The second kappa shape index (κ2) is 14.6. The molecule has 9 aromatic carbocycles. The van der Waals surface area contributed by atoms with Gasteiger partial charge in [0.2, 0.25) is 5.71 Å². The van der Waals surface area contributed by atoms with Gasteiger partial charge in [0.25, 0.3) is 0 Å². The minimum Gasteiger partial charge on any atom is -0.438 e. The SMILES string of the molecule is c1ccc(-c2ccc(N(c3ccc(-c4ccccc4)cc3)c3cccc(-c4ccc(-c5cccc6oc7c(-c8ccccc8)c8ccccc8n7c56)cc4)c3)cc2)cc1. The molecule has 0 aliphatic rings. The minimum atomic E-state index is 0.863. The summed E-state index contributed by atoms with van der Waals surface area (Å²) in [6.07, 6.45) is 0. The molecule has 0 aliphatic carbocycles. The van der Waals surface area contributed by atoms with Crippen LogP contribution in [0, 0.1) is 0 Å². The summed E-state index contributed by atoms with van der Waals surface area (Å²) >= 11 is 0. The molecular weight excluding hydrogens is 717 g/mol. The molecule has 3 nitrogen and oxygen atoms in total. The van der Waals surface area contributed by atoms with Gasteiger partial charge in [-0.3, -0.25) is 4.40 Å². The third-order valence-electron chi connectivity index (χ3n) is 11.4. The van der Waals surface area contributed by atoms with E-state index in [0.29, 0.717) is 0 Å². The Hall–Kier alpha value is -7.88. The lowest BCUT2D eigenvalue weighted by atomic mass is 9.99. The number of fused-ring (bicyclic) bond motifs is 5. The molecule has 3 heteroatoms. The number of benzene rings is 9. The zero-order chi connectivity index (χ0) is 39.1. The molecular formula is C56H38N2O. The second-order valence-electron chi connectivity index (χ2n) is 14.9. The molecule has 0 aliphatic heterocycles. The monoisotopic (exact) mass is 754 g/mol. The number of oxazole rings is 1. The van der Waals surface area contributed by atoms with Crippen molar-refractivity contribution >= 4 is 44.8 Å². The third-order valence-corrected chi connectivity index (χ3v) is 11.4. The van der Waals surface area contributed by atoms with Gasteiger partial charge in [-0.15, -0.1) is 0 Å². The summed E-state index contributed by atoms with van der Waals surface area (Å²) in [5.74, 6) is 0. The van der Waals surface area contributed by atoms with Crippen LogP contribution in [0.2, 0.25) is 0 Å². The molecule has 278 valence electrons. The molecule has 0 unspecified atom stereocenters. The maximum Gasteiger partial charge on any atom is 0.213 e. The summed E-state index contributed by atoms with van der Waals surface area (Å²) in [5, 5.41) is 1.18. The van der Waals surface area contributed by atoms with E-state index in [9.17, 15) is 0 Å². The van der Waals surface area contributed by atoms with Crippen molar-refractivity contribution in [2.75, 3.05) is 4.90 Å². The normalized spacial score (nSPS) is 11.4. The molecule has 11 aromatic rings. The van der Waals surface area contributed by atoms with Crippen LogP contribution in [0.25, 0.3) is 83.4 Å². The standard InChI is InChI=1S/C56H38N2O/c1-4-14-39(15-5-1)41-30-34-47(35-31-41)57(48-36-32-42(33-37-48)40-16-6-2-7-17-40)49-21-12-20-46(38-49)43-26-28-44(29-27-43)50-23-13-25-53-55(50)58-52-24-11-10-22-51(52)54(56(58)59-53)45-18-8-3-9-19-45/h1-38H. The Kier molecular flexibility index (Phi) is 8.49. The van der Waals surface area contributed by atoms with Crippen LogP contribution in [0.3, 0.4) is 0 Å². The van der Waals surface area contributed by atoms with Crippen LogP contribution in [-0.2, 0) is 0 Å². The van der Waals surface area contributed by atoms with Gasteiger partial charge in [-0.1, -0.05) is 182 Å². The molecule has 0 bridgehead atoms. The molecule has 0 saturated carbocycles. The van der Waals surface area contributed by atoms with Crippen LogP contribution in [0.1, 0.15) is 0 Å². The Morgan fingerprint density at radius 2 is 0.814 bits per heavy atom. The fourth-order valence-corrected chi connectivity index (χ4v) is 8.57. The van der Waals surface area contributed by atoms with E-state index in [1.807, 2.05) is 0 Å². The van der Waals surface area contributed by atoms with Gasteiger partial charge < -0.3 is 9.32 Å². The number of hydrogen-bond acceptors (Lipinski definition) is 2. The van der Waals surface area contributed by atoms with Crippen molar-refractivity contribution in [2.24, 2.45) is 0 Å². The lowest BCUT2D eigenvalue weighted by molar-refractivity contribution is 0.658. The first-order valence-electron chi connectivity index (χ1n) is 20.1. The van der Waals surface area contributed by atoms with Crippen molar-refractivity contribution in [3.63, 3.8) is 0 Å². The van der Waals surface area contributed by atoms with Crippen LogP contribution in [0.15, 0.2) is 235 Å². The van der Waals surface area contributed by atoms with E-state index in [-0.39, 0.29) is 0 Å². The number of hydrogen-bond donors (Lipinski definition) is 0. The quantitative estimate of drug-likeness (QED) is 0.154. The van der Waals surface area contributed by atoms with Crippen molar-refractivity contribution in [1.82, 2.24) is 4.40 Å². The Balaban J connectivity index is 0.976. The van der Waals surface area contributed by atoms with E-state index < -0.39 is 0 Å². The Bertz CT molecular complexity index is 3140. The number of anilines is 3. The Morgan fingerprint density at radius 1 is 0.339 bits per heavy atom. The topological polar surface area (TPSA) is 20.8 Å². The predicted octanol–water partition coefficient (Wildman–Crippen LogP) is 15.6. The number of para-hydroxylation sites is 2. The summed E-state index contributed by atoms with van der Waals surface area (Å²) < 4.78 is 9.00. The highest BCUT2D eigenvalue weighted by Gasteiger charge is 2.22. The maximum absolute atomic E-state index is 6.70. The van der Waals surface area contributed by atoms with Gasteiger partial charge in [0.1, 0.15) is 0 Å². The number of rotatable bonds is 8. The highest BCUT2D eigenvalue weighted by Crippen LogP contribution is 2.43. The lowest BCUT2D eigenvalue weighted by Crippen LogP contribution is -2.10. The summed E-state index contributed by atoms with van der Waals surface area (Å²) in [6.45, 7) is 0. The molecule has 11 rings (SSSR count). The minimum absolute atomic E-state index is 0.863.